The Morgan fingerprint density at radius 2 is 1.89 bits per heavy atom. The van der Waals surface area contributed by atoms with Gasteiger partial charge in [-0.1, -0.05) is 0 Å². The van der Waals surface area contributed by atoms with Crippen molar-refractivity contribution in [1.82, 2.24) is 25.0 Å². The number of rotatable bonds is 4. The van der Waals surface area contributed by atoms with Crippen molar-refractivity contribution < 1.29 is 4.79 Å². The van der Waals surface area contributed by atoms with Crippen molar-refractivity contribution in [2.75, 3.05) is 46.3 Å². The van der Waals surface area contributed by atoms with Crippen molar-refractivity contribution >= 4 is 47.2 Å². The third-order valence-electron chi connectivity index (χ3n) is 5.22. The fraction of sp³-hybridized carbons (Fsp3) is 0.722. The molecular weight excluding hydrogens is 475 g/mol. The normalized spacial score (nSPS) is 19.7. The van der Waals surface area contributed by atoms with Crippen LogP contribution >= 0.6 is 35.3 Å². The molecule has 1 N–H and O–H groups in total. The number of thiazole rings is 1. The van der Waals surface area contributed by atoms with E-state index in [1.807, 2.05) is 25.1 Å². The van der Waals surface area contributed by atoms with E-state index in [-0.39, 0.29) is 35.9 Å². The molecule has 2 aliphatic heterocycles. The molecule has 0 aromatic carbocycles. The predicted molar refractivity (Wildman–Crippen MR) is 121 cm³/mol. The summed E-state index contributed by atoms with van der Waals surface area (Å²) in [6, 6.07) is -0.0245. The number of piperazine rings is 1. The van der Waals surface area contributed by atoms with E-state index in [0.717, 1.165) is 63.1 Å². The van der Waals surface area contributed by atoms with E-state index in [4.69, 9.17) is 0 Å². The van der Waals surface area contributed by atoms with Crippen LogP contribution in [0.5, 0.6) is 0 Å². The Bertz CT molecular complexity index is 638. The largest absolute Gasteiger partial charge is 0.350 e. The van der Waals surface area contributed by atoms with Gasteiger partial charge < -0.3 is 15.1 Å². The highest BCUT2D eigenvalue weighted by Crippen LogP contribution is 2.14. The summed E-state index contributed by atoms with van der Waals surface area (Å²) < 4.78 is 0. The van der Waals surface area contributed by atoms with Gasteiger partial charge in [-0.05, 0) is 26.7 Å². The molecule has 1 unspecified atom stereocenters. The van der Waals surface area contributed by atoms with Gasteiger partial charge in [0.25, 0.3) is 0 Å². The first-order valence-electron chi connectivity index (χ1n) is 9.48. The molecule has 2 aliphatic rings. The second-order valence-corrected chi connectivity index (χ2v) is 8.32. The summed E-state index contributed by atoms with van der Waals surface area (Å²) in [4.78, 5) is 29.2. The van der Waals surface area contributed by atoms with Gasteiger partial charge in [-0.3, -0.25) is 14.7 Å². The lowest BCUT2D eigenvalue weighted by molar-refractivity contribution is -0.135. The van der Waals surface area contributed by atoms with Crippen molar-refractivity contribution in [1.29, 1.82) is 0 Å². The summed E-state index contributed by atoms with van der Waals surface area (Å²) in [6.07, 6.45) is 4.20. The van der Waals surface area contributed by atoms with Crippen LogP contribution in [0.3, 0.4) is 0 Å². The summed E-state index contributed by atoms with van der Waals surface area (Å²) in [6.45, 7) is 10.2. The molecule has 0 bridgehead atoms. The molecule has 152 valence electrons. The number of amides is 1. The molecule has 1 aromatic heterocycles. The molecule has 0 saturated carbocycles. The monoisotopic (exact) mass is 506 g/mol. The van der Waals surface area contributed by atoms with Crippen molar-refractivity contribution in [2.45, 2.75) is 39.3 Å². The van der Waals surface area contributed by atoms with Gasteiger partial charge in [0.1, 0.15) is 5.01 Å². The van der Waals surface area contributed by atoms with Crippen LogP contribution in [0.4, 0.5) is 0 Å². The average Bonchev–Trinajstić information content (AvgIpc) is 3.33. The van der Waals surface area contributed by atoms with Gasteiger partial charge in [-0.2, -0.15) is 0 Å². The van der Waals surface area contributed by atoms with E-state index < -0.39 is 0 Å². The SMILES string of the molecule is CN=C(NCc1ncc(C)s1)N1CCN(C(C)C(=O)N2CCCC2)CC1.I. The van der Waals surface area contributed by atoms with Crippen molar-refractivity contribution in [3.8, 4) is 0 Å². The Morgan fingerprint density at radius 3 is 2.44 bits per heavy atom. The molecule has 1 atom stereocenters. The number of nitrogens with one attached hydrogen (secondary N) is 1. The summed E-state index contributed by atoms with van der Waals surface area (Å²) >= 11 is 1.71. The topological polar surface area (TPSA) is 64.1 Å². The number of hydrogen-bond acceptors (Lipinski definition) is 5. The third kappa shape index (κ3) is 5.77. The maximum atomic E-state index is 12.6. The molecule has 3 rings (SSSR count). The van der Waals surface area contributed by atoms with E-state index in [1.165, 1.54) is 4.88 Å². The number of carbonyl (C=O) groups excluding carboxylic acids is 1. The van der Waals surface area contributed by atoms with Crippen molar-refractivity contribution in [3.63, 3.8) is 0 Å². The Balaban J connectivity index is 0.00000261. The number of aliphatic imine (C=N–C) groups is 1. The van der Waals surface area contributed by atoms with Gasteiger partial charge in [0.05, 0.1) is 12.6 Å². The van der Waals surface area contributed by atoms with Gasteiger partial charge in [-0.25, -0.2) is 4.98 Å². The fourth-order valence-corrected chi connectivity index (χ4v) is 4.38. The highest BCUT2D eigenvalue weighted by atomic mass is 127. The van der Waals surface area contributed by atoms with Crippen LogP contribution in [0.25, 0.3) is 0 Å². The fourth-order valence-electron chi connectivity index (χ4n) is 3.65. The predicted octanol–water partition coefficient (Wildman–Crippen LogP) is 1.77. The van der Waals surface area contributed by atoms with Gasteiger partial charge >= 0.3 is 0 Å². The minimum absolute atomic E-state index is 0. The smallest absolute Gasteiger partial charge is 0.239 e. The zero-order chi connectivity index (χ0) is 18.5. The number of halogens is 1. The number of likely N-dealkylation sites (tertiary alicyclic amines) is 1. The van der Waals surface area contributed by atoms with Gasteiger partial charge in [0, 0.05) is 57.4 Å². The van der Waals surface area contributed by atoms with E-state index in [9.17, 15) is 4.79 Å². The number of aromatic nitrogens is 1. The van der Waals surface area contributed by atoms with Crippen LogP contribution in [0.15, 0.2) is 11.2 Å². The molecule has 9 heteroatoms. The lowest BCUT2D eigenvalue weighted by Crippen LogP contribution is -2.57. The maximum Gasteiger partial charge on any atom is 0.239 e. The number of aryl methyl sites for hydroxylation is 1. The summed E-state index contributed by atoms with van der Waals surface area (Å²) in [5.41, 5.74) is 0. The standard InChI is InChI=1S/C18H30N6OS.HI/c1-14-12-20-16(26-14)13-21-18(19-3)24-10-8-22(9-11-24)15(2)17(25)23-6-4-5-7-23;/h12,15H,4-11,13H2,1-3H3,(H,19,21);1H. The second-order valence-electron chi connectivity index (χ2n) is 7.00. The van der Waals surface area contributed by atoms with E-state index in [0.29, 0.717) is 6.54 Å². The van der Waals surface area contributed by atoms with Gasteiger partial charge in [0.2, 0.25) is 5.91 Å². The molecule has 2 fully saturated rings. The third-order valence-corrected chi connectivity index (χ3v) is 6.13. The molecule has 7 nitrogen and oxygen atoms in total. The second kappa shape index (κ2) is 10.6. The number of nitrogens with zero attached hydrogens (tertiary/aromatic N) is 5. The Morgan fingerprint density at radius 1 is 1.22 bits per heavy atom. The summed E-state index contributed by atoms with van der Waals surface area (Å²) in [5.74, 6) is 1.20. The molecule has 0 aliphatic carbocycles. The quantitative estimate of drug-likeness (QED) is 0.383. The van der Waals surface area contributed by atoms with Gasteiger partial charge in [0.15, 0.2) is 5.96 Å². The Kier molecular flexibility index (Phi) is 8.74. The van der Waals surface area contributed by atoms with Crippen LogP contribution in [0, 0.1) is 6.92 Å². The van der Waals surface area contributed by atoms with E-state index >= 15 is 0 Å². The Labute approximate surface area is 183 Å². The minimum atomic E-state index is -0.0245. The van der Waals surface area contributed by atoms with E-state index in [1.54, 1.807) is 11.3 Å². The first-order valence-corrected chi connectivity index (χ1v) is 10.3. The van der Waals surface area contributed by atoms with Crippen molar-refractivity contribution in [2.24, 2.45) is 4.99 Å². The first-order chi connectivity index (χ1) is 12.6. The zero-order valence-electron chi connectivity index (χ0n) is 16.5. The van der Waals surface area contributed by atoms with Crippen LogP contribution < -0.4 is 5.32 Å². The van der Waals surface area contributed by atoms with Crippen LogP contribution in [-0.4, -0.2) is 83.9 Å². The molecule has 27 heavy (non-hydrogen) atoms. The van der Waals surface area contributed by atoms with Crippen LogP contribution in [0.1, 0.15) is 29.7 Å². The molecule has 3 heterocycles. The highest BCUT2D eigenvalue weighted by Gasteiger charge is 2.30. The minimum Gasteiger partial charge on any atom is -0.350 e. The lowest BCUT2D eigenvalue weighted by Gasteiger charge is -2.39. The van der Waals surface area contributed by atoms with Crippen LogP contribution in [0.2, 0.25) is 0 Å². The average molecular weight is 506 g/mol. The van der Waals surface area contributed by atoms with Gasteiger partial charge in [-0.15, -0.1) is 35.3 Å². The summed E-state index contributed by atoms with van der Waals surface area (Å²) in [5, 5.41) is 4.49. The van der Waals surface area contributed by atoms with Crippen molar-refractivity contribution in [3.05, 3.63) is 16.1 Å². The molecule has 0 radical (unpaired) electrons. The number of hydrogen-bond donors (Lipinski definition) is 1. The molecule has 1 amide bonds. The summed E-state index contributed by atoms with van der Waals surface area (Å²) in [7, 11) is 1.82. The van der Waals surface area contributed by atoms with E-state index in [2.05, 4.69) is 32.0 Å². The zero-order valence-corrected chi connectivity index (χ0v) is 19.6. The molecule has 2 saturated heterocycles. The maximum absolute atomic E-state index is 12.6. The Hall–Kier alpha value is -0.940. The lowest BCUT2D eigenvalue weighted by atomic mass is 10.2. The van der Waals surface area contributed by atoms with Crippen LogP contribution in [-0.2, 0) is 11.3 Å². The molecule has 0 spiro atoms. The molecule has 1 aromatic rings. The number of carbonyl (C=O) groups is 1. The number of guanidine groups is 1. The highest BCUT2D eigenvalue weighted by molar-refractivity contribution is 14.0. The first kappa shape index (κ1) is 22.4. The molecular formula is C18H31IN6OS.